The molecule has 2 nitrogen and oxygen atoms in total. The predicted molar refractivity (Wildman–Crippen MR) is 111 cm³/mol. The third-order valence-electron chi connectivity index (χ3n) is 6.31. The first-order valence-electron chi connectivity index (χ1n) is 10.6. The molecule has 2 aromatic carbocycles. The van der Waals surface area contributed by atoms with E-state index in [9.17, 15) is 14.3 Å². The Balaban J connectivity index is 1.78. The highest BCUT2D eigenvalue weighted by Crippen LogP contribution is 2.38. The summed E-state index contributed by atoms with van der Waals surface area (Å²) in [6, 6.07) is 14.8. The van der Waals surface area contributed by atoms with Gasteiger partial charge in [-0.05, 0) is 30.7 Å². The lowest BCUT2D eigenvalue weighted by molar-refractivity contribution is 0.0183. The Morgan fingerprint density at radius 1 is 0.964 bits per heavy atom. The highest BCUT2D eigenvalue weighted by atomic mass is 19.1. The van der Waals surface area contributed by atoms with Gasteiger partial charge in [-0.25, -0.2) is 4.39 Å². The predicted octanol–water partition coefficient (Wildman–Crippen LogP) is 6.28. The Labute approximate surface area is 167 Å². The quantitative estimate of drug-likeness (QED) is 0.545. The molecule has 1 N–H and O–H groups in total. The van der Waals surface area contributed by atoms with Gasteiger partial charge in [-0.3, -0.25) is 4.79 Å². The molecule has 1 aliphatic carbocycles. The van der Waals surface area contributed by atoms with Crippen molar-refractivity contribution in [1.82, 2.24) is 0 Å². The summed E-state index contributed by atoms with van der Waals surface area (Å²) >= 11 is 0. The number of carbonyl (C=O) groups is 1. The Bertz CT molecular complexity index is 765. The largest absolute Gasteiger partial charge is 0.377 e. The van der Waals surface area contributed by atoms with Crippen LogP contribution in [0.4, 0.5) is 4.39 Å². The number of benzene rings is 2. The van der Waals surface area contributed by atoms with E-state index in [1.807, 2.05) is 6.07 Å². The van der Waals surface area contributed by atoms with Gasteiger partial charge in [-0.1, -0.05) is 94.0 Å². The number of hydrogen-bond donors (Lipinski definition) is 1. The van der Waals surface area contributed by atoms with Gasteiger partial charge < -0.3 is 5.11 Å². The van der Waals surface area contributed by atoms with Gasteiger partial charge in [0.15, 0.2) is 11.4 Å². The van der Waals surface area contributed by atoms with Gasteiger partial charge in [0.05, 0.1) is 0 Å². The monoisotopic (exact) mass is 382 g/mol. The van der Waals surface area contributed by atoms with Gasteiger partial charge in [-0.2, -0.15) is 0 Å². The average molecular weight is 383 g/mol. The first-order chi connectivity index (χ1) is 13.5. The number of ketones is 1. The lowest BCUT2D eigenvalue weighted by Gasteiger charge is -2.32. The van der Waals surface area contributed by atoms with Crippen LogP contribution < -0.4 is 0 Å². The molecule has 3 rings (SSSR count). The molecule has 1 fully saturated rings. The van der Waals surface area contributed by atoms with E-state index < -0.39 is 17.2 Å². The van der Waals surface area contributed by atoms with E-state index >= 15 is 0 Å². The molecule has 0 saturated heterocycles. The number of Topliss-reactive ketones (excluding diaryl/α,β-unsaturated/α-hetero) is 1. The SMILES string of the molecule is CCC[C@H]1CC[C@H](CCC(O)(C(=O)c2ccccc2)c2ccccc2F)CC1. The van der Waals surface area contributed by atoms with E-state index in [1.165, 1.54) is 37.8 Å². The van der Waals surface area contributed by atoms with Crippen LogP contribution in [-0.2, 0) is 5.60 Å². The second-order valence-electron chi connectivity index (χ2n) is 8.25. The lowest BCUT2D eigenvalue weighted by Crippen LogP contribution is -2.37. The topological polar surface area (TPSA) is 37.3 Å². The Morgan fingerprint density at radius 2 is 1.54 bits per heavy atom. The molecule has 3 heteroatoms. The zero-order valence-corrected chi connectivity index (χ0v) is 16.7. The minimum absolute atomic E-state index is 0.0866. The van der Waals surface area contributed by atoms with Crippen LogP contribution in [0.25, 0.3) is 0 Å². The van der Waals surface area contributed by atoms with Crippen molar-refractivity contribution in [3.05, 3.63) is 71.5 Å². The first-order valence-corrected chi connectivity index (χ1v) is 10.6. The summed E-state index contributed by atoms with van der Waals surface area (Å²) in [5.74, 6) is 0.367. The standard InChI is InChI=1S/C25H31FO2/c1-2-8-19-13-15-20(16-14-19)17-18-25(28,22-11-6-7-12-23(22)26)24(27)21-9-4-3-5-10-21/h3-7,9-12,19-20,28H,2,8,13-18H2,1H3/t19-,20-,25?. The van der Waals surface area contributed by atoms with Gasteiger partial charge in [0.25, 0.3) is 0 Å². The summed E-state index contributed by atoms with van der Waals surface area (Å²) in [6.45, 7) is 2.23. The van der Waals surface area contributed by atoms with Gasteiger partial charge in [0, 0.05) is 11.1 Å². The van der Waals surface area contributed by atoms with Crippen molar-refractivity contribution in [1.29, 1.82) is 0 Å². The minimum atomic E-state index is -1.83. The van der Waals surface area contributed by atoms with Crippen molar-refractivity contribution >= 4 is 5.78 Å². The molecule has 0 heterocycles. The second-order valence-corrected chi connectivity index (χ2v) is 8.25. The molecule has 28 heavy (non-hydrogen) atoms. The molecule has 0 radical (unpaired) electrons. The fourth-order valence-corrected chi connectivity index (χ4v) is 4.63. The molecule has 1 unspecified atom stereocenters. The third kappa shape index (κ3) is 4.70. The molecule has 150 valence electrons. The first kappa shape index (κ1) is 20.7. The molecule has 1 atom stereocenters. The maximum Gasteiger partial charge on any atom is 0.199 e. The van der Waals surface area contributed by atoms with Crippen molar-refractivity contribution in [2.45, 2.75) is 63.9 Å². The molecule has 0 aliphatic heterocycles. The Morgan fingerprint density at radius 3 is 2.14 bits per heavy atom. The molecule has 2 aromatic rings. The van der Waals surface area contributed by atoms with Crippen LogP contribution in [0.2, 0.25) is 0 Å². The fourth-order valence-electron chi connectivity index (χ4n) is 4.63. The average Bonchev–Trinajstić information content (AvgIpc) is 2.73. The molecule has 0 spiro atoms. The summed E-state index contributed by atoms with van der Waals surface area (Å²) in [5, 5.41) is 11.5. The summed E-state index contributed by atoms with van der Waals surface area (Å²) < 4.78 is 14.6. The molecule has 1 aliphatic rings. The van der Waals surface area contributed by atoms with E-state index in [1.54, 1.807) is 36.4 Å². The normalized spacial score (nSPS) is 21.8. The lowest BCUT2D eigenvalue weighted by atomic mass is 9.75. The van der Waals surface area contributed by atoms with Crippen LogP contribution in [0.3, 0.4) is 0 Å². The van der Waals surface area contributed by atoms with Crippen LogP contribution in [0, 0.1) is 17.7 Å². The Hall–Kier alpha value is -2.00. The summed E-state index contributed by atoms with van der Waals surface area (Å²) in [5.41, 5.74) is -1.32. The van der Waals surface area contributed by atoms with Gasteiger partial charge >= 0.3 is 0 Å². The number of rotatable bonds is 8. The second kappa shape index (κ2) is 9.47. The number of carbonyl (C=O) groups excluding carboxylic acids is 1. The number of halogens is 1. The fraction of sp³-hybridized carbons (Fsp3) is 0.480. The minimum Gasteiger partial charge on any atom is -0.377 e. The Kier molecular flexibility index (Phi) is 7.01. The molecular weight excluding hydrogens is 351 g/mol. The van der Waals surface area contributed by atoms with Crippen LogP contribution in [0.1, 0.15) is 74.2 Å². The number of aliphatic hydroxyl groups is 1. The van der Waals surface area contributed by atoms with Crippen molar-refractivity contribution in [2.75, 3.05) is 0 Å². The molecule has 0 aromatic heterocycles. The highest BCUT2D eigenvalue weighted by molar-refractivity contribution is 6.02. The van der Waals surface area contributed by atoms with E-state index in [4.69, 9.17) is 0 Å². The van der Waals surface area contributed by atoms with Crippen molar-refractivity contribution in [2.24, 2.45) is 11.8 Å². The van der Waals surface area contributed by atoms with Crippen LogP contribution in [0.15, 0.2) is 54.6 Å². The zero-order valence-electron chi connectivity index (χ0n) is 16.7. The molecule has 0 bridgehead atoms. The van der Waals surface area contributed by atoms with E-state index in [2.05, 4.69) is 6.92 Å². The van der Waals surface area contributed by atoms with Crippen LogP contribution >= 0.6 is 0 Å². The number of hydrogen-bond acceptors (Lipinski definition) is 2. The van der Waals surface area contributed by atoms with Crippen LogP contribution in [0.5, 0.6) is 0 Å². The van der Waals surface area contributed by atoms with Crippen molar-refractivity contribution < 1.29 is 14.3 Å². The van der Waals surface area contributed by atoms with Crippen molar-refractivity contribution in [3.63, 3.8) is 0 Å². The van der Waals surface area contributed by atoms with Crippen molar-refractivity contribution in [3.8, 4) is 0 Å². The van der Waals surface area contributed by atoms with E-state index in [0.29, 0.717) is 11.5 Å². The summed E-state index contributed by atoms with van der Waals surface area (Å²) in [4.78, 5) is 13.2. The zero-order chi connectivity index (χ0) is 20.0. The van der Waals surface area contributed by atoms with E-state index in [0.717, 1.165) is 25.2 Å². The van der Waals surface area contributed by atoms with Crippen LogP contribution in [-0.4, -0.2) is 10.9 Å². The maximum atomic E-state index is 14.6. The highest BCUT2D eigenvalue weighted by Gasteiger charge is 2.40. The molecule has 1 saturated carbocycles. The summed E-state index contributed by atoms with van der Waals surface area (Å²) in [7, 11) is 0. The van der Waals surface area contributed by atoms with Gasteiger partial charge in [-0.15, -0.1) is 0 Å². The van der Waals surface area contributed by atoms with E-state index in [-0.39, 0.29) is 12.0 Å². The van der Waals surface area contributed by atoms with Gasteiger partial charge in [0.1, 0.15) is 5.82 Å². The summed E-state index contributed by atoms with van der Waals surface area (Å²) in [6.07, 6.45) is 8.24. The van der Waals surface area contributed by atoms with Gasteiger partial charge in [0.2, 0.25) is 0 Å². The molecule has 0 amide bonds. The third-order valence-corrected chi connectivity index (χ3v) is 6.31. The maximum absolute atomic E-state index is 14.6. The molecular formula is C25H31FO2. The smallest absolute Gasteiger partial charge is 0.199 e.